The van der Waals surface area contributed by atoms with Gasteiger partial charge in [0.1, 0.15) is 5.75 Å². The summed E-state index contributed by atoms with van der Waals surface area (Å²) in [4.78, 5) is 20.2. The maximum Gasteiger partial charge on any atom is 0.258 e. The first-order valence-corrected chi connectivity index (χ1v) is 6.37. The van der Waals surface area contributed by atoms with E-state index in [4.69, 9.17) is 0 Å². The molecule has 1 amide bonds. The number of hydrogen-bond donors (Lipinski definition) is 2. The fourth-order valence-corrected chi connectivity index (χ4v) is 1.86. The van der Waals surface area contributed by atoms with Crippen LogP contribution in [0.3, 0.4) is 0 Å². The number of amides is 1. The lowest BCUT2D eigenvalue weighted by Gasteiger charge is -2.06. The lowest BCUT2D eigenvalue weighted by atomic mass is 10.2. The maximum atomic E-state index is 12.0. The summed E-state index contributed by atoms with van der Waals surface area (Å²) in [5.74, 6) is -0.105. The number of phenols is 1. The number of nitrogens with one attached hydrogen (secondary N) is 1. The summed E-state index contributed by atoms with van der Waals surface area (Å²) in [5, 5.41) is 12.1. The Labute approximate surface area is 118 Å². The summed E-state index contributed by atoms with van der Waals surface area (Å²) >= 11 is 3.16. The molecule has 0 bridgehead atoms. The Morgan fingerprint density at radius 3 is 2.42 bits per heavy atom. The van der Waals surface area contributed by atoms with Gasteiger partial charge in [0.15, 0.2) is 0 Å². The molecule has 19 heavy (non-hydrogen) atoms. The van der Waals surface area contributed by atoms with E-state index in [1.165, 1.54) is 6.07 Å². The highest BCUT2D eigenvalue weighted by molar-refractivity contribution is 9.10. The van der Waals surface area contributed by atoms with Crippen LogP contribution in [0.2, 0.25) is 0 Å². The number of rotatable bonds is 2. The van der Waals surface area contributed by atoms with Gasteiger partial charge in [0.05, 0.1) is 4.47 Å². The first kappa shape index (κ1) is 13.5. The summed E-state index contributed by atoms with van der Waals surface area (Å²) in [5.41, 5.74) is 1.89. The second-order valence-corrected chi connectivity index (χ2v) is 4.95. The van der Waals surface area contributed by atoms with E-state index in [1.54, 1.807) is 12.1 Å². The molecule has 98 valence electrons. The van der Waals surface area contributed by atoms with Crippen molar-refractivity contribution in [3.63, 3.8) is 0 Å². The number of phenolic OH excluding ortho intramolecular Hbond substituents is 1. The molecule has 1 heterocycles. The van der Waals surface area contributed by atoms with Crippen molar-refractivity contribution < 1.29 is 9.90 Å². The maximum absolute atomic E-state index is 12.0. The Kier molecular flexibility index (Phi) is 3.80. The SMILES string of the molecule is Cc1cc(C)nc(NC(=O)c2ccc(Br)c(O)c2)n1. The Morgan fingerprint density at radius 2 is 1.84 bits per heavy atom. The molecule has 0 atom stereocenters. The topological polar surface area (TPSA) is 75.1 Å². The van der Waals surface area contributed by atoms with Crippen LogP contribution in [-0.2, 0) is 0 Å². The lowest BCUT2D eigenvalue weighted by molar-refractivity contribution is 0.102. The molecule has 2 aromatic rings. The third kappa shape index (κ3) is 3.29. The molecule has 6 heteroatoms. The van der Waals surface area contributed by atoms with Crippen molar-refractivity contribution >= 4 is 27.8 Å². The van der Waals surface area contributed by atoms with Crippen LogP contribution < -0.4 is 5.32 Å². The number of carbonyl (C=O) groups is 1. The van der Waals surface area contributed by atoms with Gasteiger partial charge in [0, 0.05) is 17.0 Å². The number of anilines is 1. The minimum atomic E-state index is -0.368. The van der Waals surface area contributed by atoms with Crippen molar-refractivity contribution in [1.82, 2.24) is 9.97 Å². The second-order valence-electron chi connectivity index (χ2n) is 4.09. The van der Waals surface area contributed by atoms with Gasteiger partial charge in [-0.3, -0.25) is 10.1 Å². The van der Waals surface area contributed by atoms with Gasteiger partial charge in [0.25, 0.3) is 5.91 Å². The zero-order valence-corrected chi connectivity index (χ0v) is 12.0. The van der Waals surface area contributed by atoms with Crippen LogP contribution in [0.15, 0.2) is 28.7 Å². The van der Waals surface area contributed by atoms with Gasteiger partial charge >= 0.3 is 0 Å². The number of halogens is 1. The van der Waals surface area contributed by atoms with Gasteiger partial charge in [-0.1, -0.05) is 0 Å². The average molecular weight is 322 g/mol. The third-order valence-corrected chi connectivity index (χ3v) is 3.09. The summed E-state index contributed by atoms with van der Waals surface area (Å²) < 4.78 is 0.534. The second kappa shape index (κ2) is 5.36. The van der Waals surface area contributed by atoms with Gasteiger partial charge in [-0.2, -0.15) is 0 Å². The molecular weight excluding hydrogens is 310 g/mol. The zero-order valence-electron chi connectivity index (χ0n) is 10.4. The number of benzene rings is 1. The van der Waals surface area contributed by atoms with E-state index < -0.39 is 0 Å². The molecule has 2 rings (SSSR count). The van der Waals surface area contributed by atoms with Crippen molar-refractivity contribution in [2.24, 2.45) is 0 Å². The first-order chi connectivity index (χ1) is 8.95. The molecule has 0 radical (unpaired) electrons. The van der Waals surface area contributed by atoms with Gasteiger partial charge < -0.3 is 5.11 Å². The average Bonchev–Trinajstić information content (AvgIpc) is 2.31. The highest BCUT2D eigenvalue weighted by atomic mass is 79.9. The largest absolute Gasteiger partial charge is 0.507 e. The highest BCUT2D eigenvalue weighted by Gasteiger charge is 2.10. The van der Waals surface area contributed by atoms with Crippen molar-refractivity contribution in [2.45, 2.75) is 13.8 Å². The summed E-state index contributed by atoms with van der Waals surface area (Å²) in [6.45, 7) is 3.66. The van der Waals surface area contributed by atoms with E-state index in [1.807, 2.05) is 19.9 Å². The van der Waals surface area contributed by atoms with E-state index in [-0.39, 0.29) is 17.6 Å². The van der Waals surface area contributed by atoms with Crippen LogP contribution in [0.4, 0.5) is 5.95 Å². The lowest BCUT2D eigenvalue weighted by Crippen LogP contribution is -2.14. The highest BCUT2D eigenvalue weighted by Crippen LogP contribution is 2.24. The molecule has 5 nitrogen and oxygen atoms in total. The summed E-state index contributed by atoms with van der Waals surface area (Å²) in [7, 11) is 0. The van der Waals surface area contributed by atoms with Crippen LogP contribution >= 0.6 is 15.9 Å². The summed E-state index contributed by atoms with van der Waals surface area (Å²) in [6, 6.07) is 6.40. The quantitative estimate of drug-likeness (QED) is 0.891. The number of aryl methyl sites for hydroxylation is 2. The van der Waals surface area contributed by atoms with Crippen LogP contribution in [0.25, 0.3) is 0 Å². The third-order valence-electron chi connectivity index (χ3n) is 2.42. The number of nitrogens with zero attached hydrogens (tertiary/aromatic N) is 2. The number of aromatic hydroxyl groups is 1. The Bertz CT molecular complexity index is 624. The van der Waals surface area contributed by atoms with Crippen LogP contribution in [0.5, 0.6) is 5.75 Å². The van der Waals surface area contributed by atoms with E-state index in [0.717, 1.165) is 11.4 Å². The van der Waals surface area contributed by atoms with Crippen molar-refractivity contribution in [3.05, 3.63) is 45.7 Å². The molecule has 0 saturated carbocycles. The molecule has 1 aromatic heterocycles. The van der Waals surface area contributed by atoms with Crippen LogP contribution in [0.1, 0.15) is 21.7 Å². The molecule has 0 aliphatic rings. The fourth-order valence-electron chi connectivity index (χ4n) is 1.61. The molecule has 0 aliphatic carbocycles. The predicted octanol–water partition coefficient (Wildman–Crippen LogP) is 2.81. The Morgan fingerprint density at radius 1 is 1.21 bits per heavy atom. The molecule has 0 unspecified atom stereocenters. The smallest absolute Gasteiger partial charge is 0.258 e. The number of carbonyl (C=O) groups excluding carboxylic acids is 1. The van der Waals surface area contributed by atoms with E-state index in [2.05, 4.69) is 31.2 Å². The number of hydrogen-bond acceptors (Lipinski definition) is 4. The molecule has 2 N–H and O–H groups in total. The molecule has 0 saturated heterocycles. The fraction of sp³-hybridized carbons (Fsp3) is 0.154. The van der Waals surface area contributed by atoms with Gasteiger partial charge in [-0.25, -0.2) is 9.97 Å². The molecule has 0 aliphatic heterocycles. The van der Waals surface area contributed by atoms with Crippen molar-refractivity contribution in [1.29, 1.82) is 0 Å². The van der Waals surface area contributed by atoms with Crippen LogP contribution in [-0.4, -0.2) is 21.0 Å². The molecule has 0 fully saturated rings. The van der Waals surface area contributed by atoms with Crippen molar-refractivity contribution in [3.8, 4) is 5.75 Å². The van der Waals surface area contributed by atoms with Gasteiger partial charge in [-0.05, 0) is 54.0 Å². The monoisotopic (exact) mass is 321 g/mol. The molecule has 1 aromatic carbocycles. The predicted molar refractivity (Wildman–Crippen MR) is 75.3 cm³/mol. The Hall–Kier alpha value is -1.95. The minimum Gasteiger partial charge on any atom is -0.507 e. The van der Waals surface area contributed by atoms with E-state index in [9.17, 15) is 9.90 Å². The first-order valence-electron chi connectivity index (χ1n) is 5.58. The molecular formula is C13H12BrN3O2. The van der Waals surface area contributed by atoms with Crippen molar-refractivity contribution in [2.75, 3.05) is 5.32 Å². The van der Waals surface area contributed by atoms with E-state index in [0.29, 0.717) is 10.0 Å². The zero-order chi connectivity index (χ0) is 14.0. The van der Waals surface area contributed by atoms with Gasteiger partial charge in [-0.15, -0.1) is 0 Å². The number of aromatic nitrogens is 2. The normalized spacial score (nSPS) is 10.3. The van der Waals surface area contributed by atoms with E-state index >= 15 is 0 Å². The van der Waals surface area contributed by atoms with Crippen LogP contribution in [0, 0.1) is 13.8 Å². The van der Waals surface area contributed by atoms with Gasteiger partial charge in [0.2, 0.25) is 5.95 Å². The molecule has 0 spiro atoms. The summed E-state index contributed by atoms with van der Waals surface area (Å²) in [6.07, 6.45) is 0. The standard InChI is InChI=1S/C13H12BrN3O2/c1-7-5-8(2)16-13(15-7)17-12(19)9-3-4-10(14)11(18)6-9/h3-6,18H,1-2H3,(H,15,16,17,19). The minimum absolute atomic E-state index is 0.00833. The Balaban J connectivity index is 2.22.